The molecule has 0 N–H and O–H groups in total. The summed E-state index contributed by atoms with van der Waals surface area (Å²) in [5.41, 5.74) is 2.46. The fourth-order valence-corrected chi connectivity index (χ4v) is 3.75. The van der Waals surface area contributed by atoms with Crippen molar-refractivity contribution in [3.63, 3.8) is 0 Å². The van der Waals surface area contributed by atoms with Crippen LogP contribution in [0.5, 0.6) is 5.75 Å². The molecule has 1 aromatic heterocycles. The number of pyridine rings is 1. The first-order chi connectivity index (χ1) is 16.4. The first-order valence-corrected chi connectivity index (χ1v) is 11.5. The van der Waals surface area contributed by atoms with E-state index in [0.29, 0.717) is 41.6 Å². The number of hydrogen-bond acceptors (Lipinski definition) is 5. The number of aromatic nitrogens is 1. The molecule has 3 rings (SSSR count). The van der Waals surface area contributed by atoms with Crippen LogP contribution >= 0.6 is 23.2 Å². The number of aryl methyl sites for hydroxylation is 1. The largest absolute Gasteiger partial charge is 0.465 e. The Bertz CT molecular complexity index is 1220. The quantitative estimate of drug-likeness (QED) is 0.146. The van der Waals surface area contributed by atoms with Crippen LogP contribution in [0.4, 0.5) is 0 Å². The molecule has 2 aromatic carbocycles. The Morgan fingerprint density at radius 2 is 1.79 bits per heavy atom. The number of carbonyl (C=O) groups excluding carboxylic acids is 1. The summed E-state index contributed by atoms with van der Waals surface area (Å²) in [6.45, 7) is 2.85. The number of esters is 1. The summed E-state index contributed by atoms with van der Waals surface area (Å²) in [5.74, 6) is 0.175. The Morgan fingerprint density at radius 3 is 2.50 bits per heavy atom. The third-order valence-electron chi connectivity index (χ3n) is 4.97. The average Bonchev–Trinajstić information content (AvgIpc) is 2.85. The van der Waals surface area contributed by atoms with Crippen molar-refractivity contribution in [3.05, 3.63) is 97.4 Å². The highest BCUT2D eigenvalue weighted by Crippen LogP contribution is 2.22. The maximum Gasteiger partial charge on any atom is 0.337 e. The Balaban J connectivity index is 1.82. The van der Waals surface area contributed by atoms with Gasteiger partial charge in [-0.3, -0.25) is 4.79 Å². The van der Waals surface area contributed by atoms with Gasteiger partial charge in [-0.25, -0.2) is 4.79 Å². The van der Waals surface area contributed by atoms with E-state index in [1.54, 1.807) is 28.8 Å². The average molecular weight is 502 g/mol. The second-order valence-electron chi connectivity index (χ2n) is 7.43. The van der Waals surface area contributed by atoms with Gasteiger partial charge < -0.3 is 14.2 Å². The molecule has 3 aromatic rings. The zero-order valence-corrected chi connectivity index (χ0v) is 20.4. The molecule has 0 amide bonds. The van der Waals surface area contributed by atoms with Gasteiger partial charge in [-0.15, -0.1) is 0 Å². The minimum absolute atomic E-state index is 0.0478. The van der Waals surface area contributed by atoms with Gasteiger partial charge >= 0.3 is 5.97 Å². The van der Waals surface area contributed by atoms with Crippen molar-refractivity contribution in [2.45, 2.75) is 26.3 Å². The molecule has 8 heteroatoms. The van der Waals surface area contributed by atoms with Crippen LogP contribution < -0.4 is 10.4 Å². The van der Waals surface area contributed by atoms with Crippen molar-refractivity contribution >= 4 is 41.3 Å². The molecule has 0 spiro atoms. The van der Waals surface area contributed by atoms with Crippen molar-refractivity contribution in [2.24, 2.45) is 0 Å². The molecular weight excluding hydrogens is 477 g/mol. The zero-order chi connectivity index (χ0) is 24.5. The number of carbonyl (C=O) groups is 1. The third-order valence-corrected chi connectivity index (χ3v) is 5.55. The number of rotatable bonds is 10. The molecule has 0 saturated heterocycles. The van der Waals surface area contributed by atoms with Crippen LogP contribution in [0.3, 0.4) is 0 Å². The lowest BCUT2D eigenvalue weighted by Gasteiger charge is -2.13. The van der Waals surface area contributed by atoms with Gasteiger partial charge in [0, 0.05) is 6.54 Å². The minimum Gasteiger partial charge on any atom is -0.465 e. The highest BCUT2D eigenvalue weighted by atomic mass is 35.5. The molecule has 0 unspecified atom stereocenters. The Kier molecular flexibility index (Phi) is 9.33. The molecule has 1 heterocycles. The van der Waals surface area contributed by atoms with Gasteiger partial charge in [0.1, 0.15) is 5.02 Å². The molecule has 0 saturated carbocycles. The smallest absolute Gasteiger partial charge is 0.337 e. The summed E-state index contributed by atoms with van der Waals surface area (Å²) in [7, 11) is 1.34. The summed E-state index contributed by atoms with van der Waals surface area (Å²) in [4.78, 5) is 34.8. The van der Waals surface area contributed by atoms with E-state index in [4.69, 9.17) is 37.7 Å². The van der Waals surface area contributed by atoms with Crippen LogP contribution in [0.2, 0.25) is 10.0 Å². The normalized spacial score (nSPS) is 11.1. The second-order valence-corrected chi connectivity index (χ2v) is 8.25. The maximum atomic E-state index is 12.8. The fourth-order valence-electron chi connectivity index (χ4n) is 3.21. The minimum atomic E-state index is -0.400. The van der Waals surface area contributed by atoms with Crippen molar-refractivity contribution in [3.8, 4) is 5.75 Å². The SMILES string of the molecule is CCCOOc1cccc(/C=C/c2c(Cl)cc(Cl)c(=O)n2CCc2ccc(C(=O)OC)cc2)c1. The lowest BCUT2D eigenvalue weighted by molar-refractivity contribution is -0.206. The first-order valence-electron chi connectivity index (χ1n) is 10.8. The standard InChI is InChI=1S/C26H25Cl2NO5/c1-3-15-33-34-21-6-4-5-19(16-21)9-12-24-22(27)17-23(28)25(30)29(24)14-13-18-7-10-20(11-8-18)26(31)32-2/h4-12,16-17H,3,13-15H2,1-2H3/b12-9+. The Morgan fingerprint density at radius 1 is 1.03 bits per heavy atom. The summed E-state index contributed by atoms with van der Waals surface area (Å²) in [6.07, 6.45) is 4.99. The van der Waals surface area contributed by atoms with Crippen LogP contribution in [0.1, 0.15) is 40.5 Å². The van der Waals surface area contributed by atoms with Gasteiger partial charge in [0.05, 0.1) is 30.0 Å². The van der Waals surface area contributed by atoms with Crippen molar-refractivity contribution in [1.82, 2.24) is 4.57 Å². The monoisotopic (exact) mass is 501 g/mol. The highest BCUT2D eigenvalue weighted by molar-refractivity contribution is 6.35. The number of ether oxygens (including phenoxy) is 1. The molecule has 0 radical (unpaired) electrons. The molecule has 6 nitrogen and oxygen atoms in total. The van der Waals surface area contributed by atoms with Crippen LogP contribution in [0, 0.1) is 0 Å². The number of nitrogens with zero attached hydrogens (tertiary/aromatic N) is 1. The van der Waals surface area contributed by atoms with Crippen molar-refractivity contribution < 1.29 is 19.3 Å². The van der Waals surface area contributed by atoms with Gasteiger partial charge in [-0.05, 0) is 60.4 Å². The topological polar surface area (TPSA) is 66.8 Å². The molecule has 178 valence electrons. The number of hydrogen-bond donors (Lipinski definition) is 0. The highest BCUT2D eigenvalue weighted by Gasteiger charge is 2.12. The Hall–Kier alpha value is -3.06. The fraction of sp³-hybridized carbons (Fsp3) is 0.231. The van der Waals surface area contributed by atoms with E-state index in [2.05, 4.69) is 0 Å². The summed E-state index contributed by atoms with van der Waals surface area (Å²) in [6, 6.07) is 15.8. The lowest BCUT2D eigenvalue weighted by atomic mass is 10.1. The van der Waals surface area contributed by atoms with E-state index < -0.39 is 5.97 Å². The molecule has 34 heavy (non-hydrogen) atoms. The van der Waals surface area contributed by atoms with Gasteiger partial charge in [0.2, 0.25) is 0 Å². The third kappa shape index (κ3) is 6.73. The van der Waals surface area contributed by atoms with Crippen LogP contribution in [0.15, 0.2) is 59.4 Å². The number of halogens is 2. The predicted octanol–water partition coefficient (Wildman–Crippen LogP) is 6.08. The molecule has 0 aliphatic heterocycles. The number of benzene rings is 2. The second kappa shape index (κ2) is 12.4. The van der Waals surface area contributed by atoms with Gasteiger partial charge in [-0.1, -0.05) is 60.5 Å². The van der Waals surface area contributed by atoms with Crippen molar-refractivity contribution in [1.29, 1.82) is 0 Å². The summed E-state index contributed by atoms with van der Waals surface area (Å²) in [5, 5.41) is 0.409. The summed E-state index contributed by atoms with van der Waals surface area (Å²) < 4.78 is 6.26. The van der Waals surface area contributed by atoms with Crippen molar-refractivity contribution in [2.75, 3.05) is 13.7 Å². The molecule has 0 atom stereocenters. The van der Waals surface area contributed by atoms with E-state index in [1.165, 1.54) is 13.2 Å². The van der Waals surface area contributed by atoms with E-state index in [9.17, 15) is 9.59 Å². The number of methoxy groups -OCH3 is 1. The van der Waals surface area contributed by atoms with Crippen LogP contribution in [0.25, 0.3) is 12.2 Å². The van der Waals surface area contributed by atoms with E-state index in [1.807, 2.05) is 43.3 Å². The van der Waals surface area contributed by atoms with Crippen LogP contribution in [-0.4, -0.2) is 24.3 Å². The Labute approximate surface area is 208 Å². The molecule has 0 aliphatic rings. The molecule has 0 bridgehead atoms. The van der Waals surface area contributed by atoms with Gasteiger partial charge in [0.15, 0.2) is 5.75 Å². The predicted molar refractivity (Wildman–Crippen MR) is 134 cm³/mol. The van der Waals surface area contributed by atoms with E-state index >= 15 is 0 Å². The van der Waals surface area contributed by atoms with E-state index in [-0.39, 0.29) is 10.6 Å². The lowest BCUT2D eigenvalue weighted by Crippen LogP contribution is -2.24. The summed E-state index contributed by atoms with van der Waals surface area (Å²) >= 11 is 12.6. The molecular formula is C26H25Cl2NO5. The maximum absolute atomic E-state index is 12.8. The van der Waals surface area contributed by atoms with Gasteiger partial charge in [-0.2, -0.15) is 4.89 Å². The zero-order valence-electron chi connectivity index (χ0n) is 18.9. The van der Waals surface area contributed by atoms with Gasteiger partial charge in [0.25, 0.3) is 5.56 Å². The first kappa shape index (κ1) is 25.6. The van der Waals surface area contributed by atoms with Crippen LogP contribution in [-0.2, 0) is 22.6 Å². The molecule has 0 aliphatic carbocycles. The molecule has 0 fully saturated rings. The van der Waals surface area contributed by atoms with E-state index in [0.717, 1.165) is 17.5 Å².